The fourth-order valence-electron chi connectivity index (χ4n) is 3.61. The molecule has 0 atom stereocenters. The second-order valence-electron chi connectivity index (χ2n) is 7.43. The summed E-state index contributed by atoms with van der Waals surface area (Å²) in [5.74, 6) is 1.01. The standard InChI is InChI=1S/C21H29N3O2/c1-23(2)19-8-6-18(7-9-19)16-24-13-10-17(11-14-24)4-3-5-20(25)21-22-12-15-26-21/h6-9,12,15,17H,3-5,10-11,13-14,16H2,1-2H3. The van der Waals surface area contributed by atoms with Crippen LogP contribution >= 0.6 is 0 Å². The van der Waals surface area contributed by atoms with Gasteiger partial charge in [-0.15, -0.1) is 0 Å². The highest BCUT2D eigenvalue weighted by atomic mass is 16.3. The lowest BCUT2D eigenvalue weighted by atomic mass is 9.91. The first kappa shape index (κ1) is 18.6. The van der Waals surface area contributed by atoms with Crippen LogP contribution in [0.3, 0.4) is 0 Å². The number of likely N-dealkylation sites (tertiary alicyclic amines) is 1. The number of ketones is 1. The zero-order valence-electron chi connectivity index (χ0n) is 15.9. The molecule has 1 saturated heterocycles. The Balaban J connectivity index is 1.35. The molecule has 0 bridgehead atoms. The topological polar surface area (TPSA) is 49.6 Å². The molecule has 0 aliphatic carbocycles. The highest BCUT2D eigenvalue weighted by Gasteiger charge is 2.20. The molecule has 1 aliphatic heterocycles. The van der Waals surface area contributed by atoms with Gasteiger partial charge in [0.15, 0.2) is 0 Å². The van der Waals surface area contributed by atoms with Crippen LogP contribution in [0.15, 0.2) is 41.1 Å². The Hall–Kier alpha value is -2.14. The number of Topliss-reactive ketones (excluding diaryl/α,β-unsaturated/α-hetero) is 1. The van der Waals surface area contributed by atoms with E-state index >= 15 is 0 Å². The number of hydrogen-bond donors (Lipinski definition) is 0. The van der Waals surface area contributed by atoms with Crippen molar-refractivity contribution in [2.45, 2.75) is 38.6 Å². The van der Waals surface area contributed by atoms with Crippen LogP contribution in [-0.4, -0.2) is 42.9 Å². The Kier molecular flexibility index (Phi) is 6.45. The van der Waals surface area contributed by atoms with Crippen LogP contribution in [0.2, 0.25) is 0 Å². The Morgan fingerprint density at radius 2 is 1.96 bits per heavy atom. The van der Waals surface area contributed by atoms with Gasteiger partial charge < -0.3 is 9.32 Å². The van der Waals surface area contributed by atoms with Crippen LogP contribution in [-0.2, 0) is 6.54 Å². The lowest BCUT2D eigenvalue weighted by Crippen LogP contribution is -2.33. The summed E-state index contributed by atoms with van der Waals surface area (Å²) in [6, 6.07) is 8.84. The van der Waals surface area contributed by atoms with Crippen LogP contribution in [0.5, 0.6) is 0 Å². The van der Waals surface area contributed by atoms with E-state index in [9.17, 15) is 4.79 Å². The number of nitrogens with zero attached hydrogens (tertiary/aromatic N) is 3. The van der Waals surface area contributed by atoms with Gasteiger partial charge in [-0.25, -0.2) is 4.98 Å². The third-order valence-corrected chi connectivity index (χ3v) is 5.25. The Morgan fingerprint density at radius 1 is 1.23 bits per heavy atom. The molecular formula is C21H29N3O2. The van der Waals surface area contributed by atoms with Crippen molar-refractivity contribution >= 4 is 11.5 Å². The average Bonchev–Trinajstić information content (AvgIpc) is 3.18. The molecule has 5 nitrogen and oxygen atoms in total. The summed E-state index contributed by atoms with van der Waals surface area (Å²) in [5.41, 5.74) is 2.62. The van der Waals surface area contributed by atoms with Gasteiger partial charge in [-0.05, 0) is 62.4 Å². The molecule has 3 rings (SSSR count). The molecule has 1 aromatic carbocycles. The normalized spacial score (nSPS) is 15.9. The summed E-state index contributed by atoms with van der Waals surface area (Å²) < 4.78 is 5.06. The van der Waals surface area contributed by atoms with Gasteiger partial charge in [0, 0.05) is 32.7 Å². The number of benzene rings is 1. The Morgan fingerprint density at radius 3 is 2.58 bits per heavy atom. The van der Waals surface area contributed by atoms with Crippen LogP contribution < -0.4 is 4.90 Å². The average molecular weight is 355 g/mol. The SMILES string of the molecule is CN(C)c1ccc(CN2CCC(CCCC(=O)c3ncco3)CC2)cc1. The van der Waals surface area contributed by atoms with Gasteiger partial charge in [-0.1, -0.05) is 12.1 Å². The highest BCUT2D eigenvalue weighted by Crippen LogP contribution is 2.24. The van der Waals surface area contributed by atoms with Gasteiger partial charge in [-0.3, -0.25) is 9.69 Å². The molecule has 140 valence electrons. The first-order valence-electron chi connectivity index (χ1n) is 9.53. The molecule has 2 aromatic rings. The molecule has 0 N–H and O–H groups in total. The number of anilines is 1. The van der Waals surface area contributed by atoms with Crippen LogP contribution in [0.25, 0.3) is 0 Å². The summed E-state index contributed by atoms with van der Waals surface area (Å²) in [5, 5.41) is 0. The number of hydrogen-bond acceptors (Lipinski definition) is 5. The lowest BCUT2D eigenvalue weighted by Gasteiger charge is -2.32. The maximum absolute atomic E-state index is 11.9. The van der Waals surface area contributed by atoms with Gasteiger partial charge in [0.1, 0.15) is 6.26 Å². The fourth-order valence-corrected chi connectivity index (χ4v) is 3.61. The van der Waals surface area contributed by atoms with Gasteiger partial charge in [-0.2, -0.15) is 0 Å². The van der Waals surface area contributed by atoms with E-state index in [1.54, 1.807) is 0 Å². The predicted octanol–water partition coefficient (Wildman–Crippen LogP) is 4.01. The smallest absolute Gasteiger partial charge is 0.263 e. The lowest BCUT2D eigenvalue weighted by molar-refractivity contribution is 0.0940. The quantitative estimate of drug-likeness (QED) is 0.670. The Labute approximate surface area is 156 Å². The monoisotopic (exact) mass is 355 g/mol. The van der Waals surface area contributed by atoms with Gasteiger partial charge in [0.2, 0.25) is 5.78 Å². The molecule has 1 aliphatic rings. The molecule has 0 saturated carbocycles. The molecule has 0 amide bonds. The second kappa shape index (κ2) is 8.99. The molecule has 2 heterocycles. The first-order valence-corrected chi connectivity index (χ1v) is 9.53. The third kappa shape index (κ3) is 5.18. The van der Waals surface area contributed by atoms with Crippen molar-refractivity contribution in [1.29, 1.82) is 0 Å². The minimum Gasteiger partial charge on any atom is -0.442 e. The van der Waals surface area contributed by atoms with Gasteiger partial charge in [0.25, 0.3) is 5.89 Å². The molecule has 1 aromatic heterocycles. The third-order valence-electron chi connectivity index (χ3n) is 5.25. The van der Waals surface area contributed by atoms with E-state index < -0.39 is 0 Å². The summed E-state index contributed by atoms with van der Waals surface area (Å²) in [4.78, 5) is 20.5. The van der Waals surface area contributed by atoms with Gasteiger partial charge >= 0.3 is 0 Å². The number of carbonyl (C=O) groups is 1. The van der Waals surface area contributed by atoms with Crippen molar-refractivity contribution in [3.63, 3.8) is 0 Å². The summed E-state index contributed by atoms with van der Waals surface area (Å²) >= 11 is 0. The summed E-state index contributed by atoms with van der Waals surface area (Å²) in [7, 11) is 4.14. The minimum atomic E-state index is 0.0219. The number of carbonyl (C=O) groups excluding carboxylic acids is 1. The van der Waals surface area contributed by atoms with Crippen molar-refractivity contribution in [3.8, 4) is 0 Å². The van der Waals surface area contributed by atoms with Crippen molar-refractivity contribution in [1.82, 2.24) is 9.88 Å². The number of rotatable bonds is 8. The molecular weight excluding hydrogens is 326 g/mol. The zero-order chi connectivity index (χ0) is 18.4. The molecule has 0 spiro atoms. The van der Waals surface area contributed by atoms with E-state index in [1.165, 1.54) is 36.6 Å². The van der Waals surface area contributed by atoms with Crippen LogP contribution in [0.4, 0.5) is 5.69 Å². The predicted molar refractivity (Wildman–Crippen MR) is 103 cm³/mol. The fraction of sp³-hybridized carbons (Fsp3) is 0.524. The van der Waals surface area contributed by atoms with E-state index in [1.807, 2.05) is 0 Å². The van der Waals surface area contributed by atoms with Gasteiger partial charge in [0.05, 0.1) is 6.20 Å². The van der Waals surface area contributed by atoms with E-state index in [0.717, 1.165) is 38.4 Å². The molecule has 0 unspecified atom stereocenters. The van der Waals surface area contributed by atoms with Crippen molar-refractivity contribution in [2.24, 2.45) is 5.92 Å². The number of piperidine rings is 1. The summed E-state index contributed by atoms with van der Waals surface area (Å²) in [6.45, 7) is 3.32. The first-order chi connectivity index (χ1) is 12.6. The largest absolute Gasteiger partial charge is 0.442 e. The Bertz CT molecular complexity index is 672. The maximum Gasteiger partial charge on any atom is 0.263 e. The van der Waals surface area contributed by atoms with Crippen molar-refractivity contribution in [2.75, 3.05) is 32.1 Å². The van der Waals surface area contributed by atoms with Crippen molar-refractivity contribution in [3.05, 3.63) is 48.2 Å². The van der Waals surface area contributed by atoms with Crippen LogP contribution in [0, 0.1) is 5.92 Å². The summed E-state index contributed by atoms with van der Waals surface area (Å²) in [6.07, 6.45) is 8.02. The van der Waals surface area contributed by atoms with E-state index in [4.69, 9.17) is 4.42 Å². The number of oxazole rings is 1. The van der Waals surface area contributed by atoms with E-state index in [0.29, 0.717) is 6.42 Å². The number of aromatic nitrogens is 1. The minimum absolute atomic E-state index is 0.0219. The zero-order valence-corrected chi connectivity index (χ0v) is 15.9. The van der Waals surface area contributed by atoms with E-state index in [-0.39, 0.29) is 11.7 Å². The maximum atomic E-state index is 11.9. The highest BCUT2D eigenvalue weighted by molar-refractivity contribution is 5.91. The molecule has 26 heavy (non-hydrogen) atoms. The molecule has 5 heteroatoms. The molecule has 0 radical (unpaired) electrons. The molecule has 1 fully saturated rings. The van der Waals surface area contributed by atoms with Crippen LogP contribution in [0.1, 0.15) is 48.4 Å². The van der Waals surface area contributed by atoms with Crippen molar-refractivity contribution < 1.29 is 9.21 Å². The van der Waals surface area contributed by atoms with E-state index in [2.05, 4.69) is 53.1 Å². The second-order valence-corrected chi connectivity index (χ2v) is 7.43.